The molecule has 1 aliphatic heterocycles. The van der Waals surface area contributed by atoms with Crippen LogP contribution in [-0.4, -0.2) is 43.8 Å². The van der Waals surface area contributed by atoms with Crippen LogP contribution in [0.1, 0.15) is 32.8 Å². The summed E-state index contributed by atoms with van der Waals surface area (Å²) < 4.78 is 6.92. The van der Waals surface area contributed by atoms with Gasteiger partial charge in [-0.2, -0.15) is 0 Å². The average molecular weight is 375 g/mol. The van der Waals surface area contributed by atoms with Gasteiger partial charge in [0.05, 0.1) is 10.4 Å². The van der Waals surface area contributed by atoms with Crippen LogP contribution < -0.4 is 5.32 Å². The predicted octanol–water partition coefficient (Wildman–Crippen LogP) is 3.74. The molecule has 1 atom stereocenters. The molecule has 120 valence electrons. The number of hydrogen-bond donors (Lipinski definition) is 1. The Kier molecular flexibility index (Phi) is 5.88. The molecule has 2 rings (SSSR count). The van der Waals surface area contributed by atoms with Gasteiger partial charge in [0.2, 0.25) is 0 Å². The highest BCUT2D eigenvalue weighted by molar-refractivity contribution is 9.11. The van der Waals surface area contributed by atoms with E-state index in [4.69, 9.17) is 4.74 Å². The standard InChI is InChI=1S/C16H27BrN2OS/c1-15(2,3)18-10-16(5-6-20-12-16)11-19(4)8-13-7-14(17)21-9-13/h7,9,18H,5-6,8,10-12H2,1-4H3. The third-order valence-corrected chi connectivity index (χ3v) is 5.41. The monoisotopic (exact) mass is 374 g/mol. The van der Waals surface area contributed by atoms with Gasteiger partial charge in [0.1, 0.15) is 0 Å². The SMILES string of the molecule is CN(Cc1csc(Br)c1)CC1(CNC(C)(C)C)CCOC1. The molecule has 21 heavy (non-hydrogen) atoms. The molecule has 0 saturated carbocycles. The first-order valence-corrected chi connectivity index (χ1v) is 9.20. The number of halogens is 1. The maximum atomic E-state index is 5.71. The topological polar surface area (TPSA) is 24.5 Å². The second-order valence-electron chi connectivity index (χ2n) is 7.34. The zero-order valence-electron chi connectivity index (χ0n) is 13.5. The third kappa shape index (κ3) is 5.64. The van der Waals surface area contributed by atoms with Crippen LogP contribution >= 0.6 is 27.3 Å². The molecular formula is C16H27BrN2OS. The molecule has 0 amide bonds. The number of nitrogens with zero attached hydrogens (tertiary/aromatic N) is 1. The van der Waals surface area contributed by atoms with E-state index in [-0.39, 0.29) is 11.0 Å². The summed E-state index contributed by atoms with van der Waals surface area (Å²) in [7, 11) is 2.21. The molecule has 0 spiro atoms. The van der Waals surface area contributed by atoms with E-state index in [1.54, 1.807) is 11.3 Å². The van der Waals surface area contributed by atoms with Crippen LogP contribution in [0.25, 0.3) is 0 Å². The van der Waals surface area contributed by atoms with Crippen molar-refractivity contribution in [2.24, 2.45) is 5.41 Å². The molecule has 0 aromatic carbocycles. The van der Waals surface area contributed by atoms with Gasteiger partial charge in [-0.05, 0) is 67.2 Å². The molecule has 0 aliphatic carbocycles. The van der Waals surface area contributed by atoms with Gasteiger partial charge in [-0.25, -0.2) is 0 Å². The second-order valence-corrected chi connectivity index (χ2v) is 9.63. The van der Waals surface area contributed by atoms with Crippen molar-refractivity contribution in [2.45, 2.75) is 39.3 Å². The summed E-state index contributed by atoms with van der Waals surface area (Å²) in [4.78, 5) is 2.42. The largest absolute Gasteiger partial charge is 0.381 e. The molecule has 1 aromatic heterocycles. The van der Waals surface area contributed by atoms with E-state index in [0.29, 0.717) is 0 Å². The molecule has 1 aliphatic rings. The number of nitrogens with one attached hydrogen (secondary N) is 1. The minimum Gasteiger partial charge on any atom is -0.381 e. The Morgan fingerprint density at radius 2 is 2.24 bits per heavy atom. The average Bonchev–Trinajstić information content (AvgIpc) is 2.96. The van der Waals surface area contributed by atoms with Gasteiger partial charge in [-0.1, -0.05) is 0 Å². The Morgan fingerprint density at radius 3 is 2.76 bits per heavy atom. The van der Waals surface area contributed by atoms with Crippen molar-refractivity contribution in [1.29, 1.82) is 0 Å². The summed E-state index contributed by atoms with van der Waals surface area (Å²) in [5, 5.41) is 5.89. The lowest BCUT2D eigenvalue weighted by Crippen LogP contribution is -2.48. The van der Waals surface area contributed by atoms with Crippen LogP contribution in [0.5, 0.6) is 0 Å². The van der Waals surface area contributed by atoms with E-state index in [1.807, 2.05) is 0 Å². The minimum absolute atomic E-state index is 0.159. The molecule has 1 N–H and O–H groups in total. The van der Waals surface area contributed by atoms with Gasteiger partial charge in [-0.3, -0.25) is 0 Å². The Morgan fingerprint density at radius 1 is 1.48 bits per heavy atom. The van der Waals surface area contributed by atoms with Crippen molar-refractivity contribution >= 4 is 27.3 Å². The molecule has 0 bridgehead atoms. The number of thiophene rings is 1. The molecular weight excluding hydrogens is 348 g/mol. The van der Waals surface area contributed by atoms with E-state index < -0.39 is 0 Å². The fraction of sp³-hybridized carbons (Fsp3) is 0.750. The molecule has 5 heteroatoms. The normalized spacial score (nSPS) is 23.1. The van der Waals surface area contributed by atoms with E-state index in [9.17, 15) is 0 Å². The van der Waals surface area contributed by atoms with E-state index >= 15 is 0 Å². The van der Waals surface area contributed by atoms with E-state index in [0.717, 1.165) is 39.3 Å². The van der Waals surface area contributed by atoms with Crippen LogP contribution in [0.4, 0.5) is 0 Å². The van der Waals surface area contributed by atoms with Crippen molar-refractivity contribution in [3.05, 3.63) is 20.8 Å². The Balaban J connectivity index is 1.92. The fourth-order valence-electron chi connectivity index (χ4n) is 2.79. The summed E-state index contributed by atoms with van der Waals surface area (Å²) in [5.74, 6) is 0. The van der Waals surface area contributed by atoms with Crippen LogP contribution in [0.15, 0.2) is 15.2 Å². The first-order chi connectivity index (χ1) is 9.78. The van der Waals surface area contributed by atoms with Gasteiger partial charge in [-0.15, -0.1) is 11.3 Å². The molecule has 1 aromatic rings. The first kappa shape index (κ1) is 17.4. The van der Waals surface area contributed by atoms with Crippen molar-refractivity contribution in [2.75, 3.05) is 33.4 Å². The molecule has 2 heterocycles. The maximum Gasteiger partial charge on any atom is 0.0701 e. The zero-order valence-corrected chi connectivity index (χ0v) is 15.9. The highest BCUT2D eigenvalue weighted by Crippen LogP contribution is 2.30. The highest BCUT2D eigenvalue weighted by Gasteiger charge is 2.36. The van der Waals surface area contributed by atoms with Crippen LogP contribution in [0, 0.1) is 5.41 Å². The summed E-state index contributed by atoms with van der Waals surface area (Å²) in [6.45, 7) is 11.5. The number of hydrogen-bond acceptors (Lipinski definition) is 4. The predicted molar refractivity (Wildman–Crippen MR) is 94.0 cm³/mol. The first-order valence-electron chi connectivity index (χ1n) is 7.52. The third-order valence-electron chi connectivity index (χ3n) is 3.86. The van der Waals surface area contributed by atoms with Gasteiger partial charge < -0.3 is 15.0 Å². The molecule has 0 radical (unpaired) electrons. The Bertz CT molecular complexity index is 449. The maximum absolute atomic E-state index is 5.71. The summed E-state index contributed by atoms with van der Waals surface area (Å²) in [5.41, 5.74) is 1.79. The summed E-state index contributed by atoms with van der Waals surface area (Å²) in [6.07, 6.45) is 1.15. The van der Waals surface area contributed by atoms with Gasteiger partial charge >= 0.3 is 0 Å². The zero-order chi connectivity index (χ0) is 15.5. The van der Waals surface area contributed by atoms with Crippen LogP contribution in [-0.2, 0) is 11.3 Å². The Labute approximate surface area is 141 Å². The lowest BCUT2D eigenvalue weighted by Gasteiger charge is -2.35. The van der Waals surface area contributed by atoms with Gasteiger partial charge in [0, 0.05) is 37.2 Å². The fourth-order valence-corrected chi connectivity index (χ4v) is 3.99. The van der Waals surface area contributed by atoms with E-state index in [1.165, 1.54) is 9.35 Å². The summed E-state index contributed by atoms with van der Waals surface area (Å²) in [6, 6.07) is 2.21. The molecule has 1 fully saturated rings. The lowest BCUT2D eigenvalue weighted by molar-refractivity contribution is 0.111. The molecule has 3 nitrogen and oxygen atoms in total. The van der Waals surface area contributed by atoms with Crippen molar-refractivity contribution in [3.8, 4) is 0 Å². The Hall–Kier alpha value is 0.0600. The quantitative estimate of drug-likeness (QED) is 0.820. The van der Waals surface area contributed by atoms with Crippen molar-refractivity contribution in [1.82, 2.24) is 10.2 Å². The number of rotatable bonds is 6. The van der Waals surface area contributed by atoms with Gasteiger partial charge in [0.25, 0.3) is 0 Å². The second kappa shape index (κ2) is 7.09. The van der Waals surface area contributed by atoms with Crippen LogP contribution in [0.2, 0.25) is 0 Å². The van der Waals surface area contributed by atoms with Crippen molar-refractivity contribution < 1.29 is 4.74 Å². The molecule has 1 unspecified atom stereocenters. The minimum atomic E-state index is 0.159. The smallest absolute Gasteiger partial charge is 0.0701 e. The van der Waals surface area contributed by atoms with Crippen LogP contribution in [0.3, 0.4) is 0 Å². The van der Waals surface area contributed by atoms with Crippen molar-refractivity contribution in [3.63, 3.8) is 0 Å². The summed E-state index contributed by atoms with van der Waals surface area (Å²) >= 11 is 5.29. The molecule has 1 saturated heterocycles. The van der Waals surface area contributed by atoms with E-state index in [2.05, 4.69) is 65.4 Å². The lowest BCUT2D eigenvalue weighted by atomic mass is 9.85. The van der Waals surface area contributed by atoms with Gasteiger partial charge in [0.15, 0.2) is 0 Å². The number of ether oxygens (including phenoxy) is 1. The highest BCUT2D eigenvalue weighted by atomic mass is 79.9.